The van der Waals surface area contributed by atoms with E-state index in [1.54, 1.807) is 0 Å². The second-order valence-electron chi connectivity index (χ2n) is 8.16. The number of carbonyl (C=O) groups excluding carboxylic acids is 1. The van der Waals surface area contributed by atoms with Gasteiger partial charge in [0.25, 0.3) is 0 Å². The Hall–Kier alpha value is -1.55. The molecule has 1 aromatic rings. The van der Waals surface area contributed by atoms with Crippen LogP contribution in [0.25, 0.3) is 0 Å². The maximum atomic E-state index is 12.9. The Balaban J connectivity index is 1.49. The lowest BCUT2D eigenvalue weighted by molar-refractivity contribution is 0.150. The third-order valence-corrected chi connectivity index (χ3v) is 6.15. The standard InChI is InChI=1S/C19H27N3O/c1-19(2)12-22(17-7-5-4-6-16(17)19)18(23)20-13-10-14-8-9-15(11-13)21(14)3/h4-7,13-15H,8-12H2,1-3H3,(H,20,23)/t13-,14+,15-. The highest BCUT2D eigenvalue weighted by Gasteiger charge is 2.41. The van der Waals surface area contributed by atoms with E-state index < -0.39 is 0 Å². The van der Waals surface area contributed by atoms with E-state index in [1.165, 1.54) is 18.4 Å². The molecule has 2 bridgehead atoms. The van der Waals surface area contributed by atoms with Gasteiger partial charge in [-0.2, -0.15) is 0 Å². The Kier molecular flexibility index (Phi) is 3.41. The number of urea groups is 1. The Morgan fingerprint density at radius 3 is 2.52 bits per heavy atom. The number of piperidine rings is 1. The van der Waals surface area contributed by atoms with Gasteiger partial charge in [0.05, 0.1) is 0 Å². The molecule has 1 N–H and O–H groups in total. The van der Waals surface area contributed by atoms with Crippen LogP contribution in [0.2, 0.25) is 0 Å². The zero-order valence-electron chi connectivity index (χ0n) is 14.4. The monoisotopic (exact) mass is 313 g/mol. The molecule has 2 amide bonds. The van der Waals surface area contributed by atoms with Gasteiger partial charge < -0.3 is 10.2 Å². The summed E-state index contributed by atoms with van der Waals surface area (Å²) in [4.78, 5) is 17.3. The highest BCUT2D eigenvalue weighted by molar-refractivity contribution is 5.95. The molecule has 3 heterocycles. The molecule has 1 aromatic carbocycles. The number of amides is 2. The number of fused-ring (bicyclic) bond motifs is 3. The van der Waals surface area contributed by atoms with Gasteiger partial charge in [-0.05, 0) is 44.4 Å². The van der Waals surface area contributed by atoms with Gasteiger partial charge in [0.1, 0.15) is 0 Å². The largest absolute Gasteiger partial charge is 0.335 e. The lowest BCUT2D eigenvalue weighted by Gasteiger charge is -2.37. The van der Waals surface area contributed by atoms with Gasteiger partial charge in [-0.1, -0.05) is 32.0 Å². The molecule has 0 unspecified atom stereocenters. The number of hydrogen-bond donors (Lipinski definition) is 1. The zero-order valence-corrected chi connectivity index (χ0v) is 14.4. The maximum absolute atomic E-state index is 12.9. The van der Waals surface area contributed by atoms with E-state index in [0.29, 0.717) is 18.1 Å². The number of benzene rings is 1. The summed E-state index contributed by atoms with van der Waals surface area (Å²) in [5, 5.41) is 3.32. The highest BCUT2D eigenvalue weighted by atomic mass is 16.2. The Labute approximate surface area is 138 Å². The van der Waals surface area contributed by atoms with Crippen LogP contribution in [-0.2, 0) is 5.41 Å². The van der Waals surface area contributed by atoms with Crippen molar-refractivity contribution >= 4 is 11.7 Å². The van der Waals surface area contributed by atoms with Crippen LogP contribution in [0.4, 0.5) is 10.5 Å². The van der Waals surface area contributed by atoms with Gasteiger partial charge in [-0.25, -0.2) is 4.79 Å². The van der Waals surface area contributed by atoms with Gasteiger partial charge in [0.15, 0.2) is 0 Å². The second-order valence-corrected chi connectivity index (χ2v) is 8.16. The number of anilines is 1. The van der Waals surface area contributed by atoms with Gasteiger partial charge in [-0.3, -0.25) is 4.90 Å². The van der Waals surface area contributed by atoms with Crippen LogP contribution < -0.4 is 10.2 Å². The minimum atomic E-state index is 0.0275. The Morgan fingerprint density at radius 1 is 1.17 bits per heavy atom. The van der Waals surface area contributed by atoms with E-state index in [2.05, 4.69) is 49.3 Å². The first kappa shape index (κ1) is 15.0. The van der Waals surface area contributed by atoms with E-state index >= 15 is 0 Å². The number of nitrogens with zero attached hydrogens (tertiary/aromatic N) is 2. The van der Waals surface area contributed by atoms with Gasteiger partial charge in [0, 0.05) is 35.8 Å². The first-order valence-electron chi connectivity index (χ1n) is 8.85. The minimum Gasteiger partial charge on any atom is -0.335 e. The van der Waals surface area contributed by atoms with Crippen LogP contribution >= 0.6 is 0 Å². The van der Waals surface area contributed by atoms with Crippen LogP contribution in [-0.4, -0.2) is 42.6 Å². The van der Waals surface area contributed by atoms with Crippen molar-refractivity contribution in [1.82, 2.24) is 10.2 Å². The molecular weight excluding hydrogens is 286 g/mol. The smallest absolute Gasteiger partial charge is 0.322 e. The van der Waals surface area contributed by atoms with E-state index in [1.807, 2.05) is 11.0 Å². The molecule has 4 heteroatoms. The molecule has 3 aliphatic rings. The number of carbonyl (C=O) groups is 1. The molecule has 2 fully saturated rings. The quantitative estimate of drug-likeness (QED) is 0.864. The SMILES string of the molecule is CN1[C@@H]2CC[C@H]1C[C@@H](NC(=O)N1CC(C)(C)c3ccccc31)C2. The molecule has 4 rings (SSSR count). The summed E-state index contributed by atoms with van der Waals surface area (Å²) in [5.41, 5.74) is 2.38. The number of hydrogen-bond acceptors (Lipinski definition) is 2. The molecule has 3 aliphatic heterocycles. The predicted octanol–water partition coefficient (Wildman–Crippen LogP) is 3.12. The molecule has 124 valence electrons. The van der Waals surface area contributed by atoms with Crippen LogP contribution in [0.1, 0.15) is 45.1 Å². The van der Waals surface area contributed by atoms with Crippen molar-refractivity contribution in [1.29, 1.82) is 0 Å². The fraction of sp³-hybridized carbons (Fsp3) is 0.632. The summed E-state index contributed by atoms with van der Waals surface area (Å²) < 4.78 is 0. The fourth-order valence-electron chi connectivity index (χ4n) is 4.81. The minimum absolute atomic E-state index is 0.0275. The lowest BCUT2D eigenvalue weighted by Crippen LogP contribution is -2.52. The third-order valence-electron chi connectivity index (χ3n) is 6.15. The molecule has 23 heavy (non-hydrogen) atoms. The Morgan fingerprint density at radius 2 is 1.83 bits per heavy atom. The van der Waals surface area contributed by atoms with Crippen molar-refractivity contribution in [2.45, 2.75) is 63.1 Å². The normalized spacial score (nSPS) is 32.0. The number of para-hydroxylation sites is 1. The molecule has 0 spiro atoms. The lowest BCUT2D eigenvalue weighted by atomic mass is 9.87. The molecular formula is C19H27N3O. The first-order chi connectivity index (χ1) is 11.0. The van der Waals surface area contributed by atoms with E-state index in [4.69, 9.17) is 0 Å². The van der Waals surface area contributed by atoms with Crippen LogP contribution in [0.3, 0.4) is 0 Å². The maximum Gasteiger partial charge on any atom is 0.322 e. The van der Waals surface area contributed by atoms with E-state index in [0.717, 1.165) is 25.1 Å². The van der Waals surface area contributed by atoms with E-state index in [-0.39, 0.29) is 11.4 Å². The molecule has 0 aliphatic carbocycles. The van der Waals surface area contributed by atoms with Crippen LogP contribution in [0.15, 0.2) is 24.3 Å². The molecule has 4 nitrogen and oxygen atoms in total. The average molecular weight is 313 g/mol. The topological polar surface area (TPSA) is 35.6 Å². The summed E-state index contributed by atoms with van der Waals surface area (Å²) in [7, 11) is 2.24. The van der Waals surface area contributed by atoms with Crippen molar-refractivity contribution in [2.75, 3.05) is 18.5 Å². The molecule has 3 atom stereocenters. The van der Waals surface area contributed by atoms with Crippen molar-refractivity contribution in [2.24, 2.45) is 0 Å². The highest BCUT2D eigenvalue weighted by Crippen LogP contribution is 2.40. The van der Waals surface area contributed by atoms with Crippen molar-refractivity contribution in [3.8, 4) is 0 Å². The predicted molar refractivity (Wildman–Crippen MR) is 92.9 cm³/mol. The summed E-state index contributed by atoms with van der Waals surface area (Å²) in [6, 6.07) is 10.0. The number of rotatable bonds is 1. The van der Waals surface area contributed by atoms with Gasteiger partial charge >= 0.3 is 6.03 Å². The van der Waals surface area contributed by atoms with Crippen molar-refractivity contribution < 1.29 is 4.79 Å². The van der Waals surface area contributed by atoms with E-state index in [9.17, 15) is 4.79 Å². The molecule has 2 saturated heterocycles. The van der Waals surface area contributed by atoms with Crippen LogP contribution in [0.5, 0.6) is 0 Å². The summed E-state index contributed by atoms with van der Waals surface area (Å²) in [6.45, 7) is 5.20. The van der Waals surface area contributed by atoms with Gasteiger partial charge in [0.2, 0.25) is 0 Å². The first-order valence-corrected chi connectivity index (χ1v) is 8.85. The summed E-state index contributed by atoms with van der Waals surface area (Å²) in [6.07, 6.45) is 4.76. The molecule has 0 radical (unpaired) electrons. The second kappa shape index (κ2) is 5.23. The Bertz CT molecular complexity index is 613. The number of nitrogens with one attached hydrogen (secondary N) is 1. The molecule has 0 saturated carbocycles. The van der Waals surface area contributed by atoms with Crippen molar-refractivity contribution in [3.05, 3.63) is 29.8 Å². The summed E-state index contributed by atoms with van der Waals surface area (Å²) >= 11 is 0. The molecule has 0 aromatic heterocycles. The zero-order chi connectivity index (χ0) is 16.2. The van der Waals surface area contributed by atoms with Crippen LogP contribution in [0, 0.1) is 0 Å². The summed E-state index contributed by atoms with van der Waals surface area (Å²) in [5.74, 6) is 0. The fourth-order valence-corrected chi connectivity index (χ4v) is 4.81. The average Bonchev–Trinajstić information content (AvgIpc) is 2.89. The van der Waals surface area contributed by atoms with Gasteiger partial charge in [-0.15, -0.1) is 0 Å². The van der Waals surface area contributed by atoms with Crippen molar-refractivity contribution in [3.63, 3.8) is 0 Å². The third kappa shape index (κ3) is 2.44.